The summed E-state index contributed by atoms with van der Waals surface area (Å²) in [5.41, 5.74) is -5.73. The van der Waals surface area contributed by atoms with E-state index in [-0.39, 0.29) is 24.2 Å². The molecule has 0 fully saturated rings. The Kier molecular flexibility index (Phi) is 10.7. The Morgan fingerprint density at radius 1 is 0.826 bits per heavy atom. The summed E-state index contributed by atoms with van der Waals surface area (Å²) < 4.78 is 96.6. The molecule has 7 nitrogen and oxygen atoms in total. The Morgan fingerprint density at radius 2 is 1.35 bits per heavy atom. The molecule has 0 bridgehead atoms. The molecule has 4 rings (SSSR count). The zero-order valence-electron chi connectivity index (χ0n) is 23.9. The van der Waals surface area contributed by atoms with Crippen molar-refractivity contribution in [1.82, 2.24) is 0 Å². The van der Waals surface area contributed by atoms with Crippen molar-refractivity contribution in [2.75, 3.05) is 6.26 Å². The maximum Gasteiger partial charge on any atom is 0.442 e. The molecule has 0 saturated heterocycles. The molecule has 0 heterocycles. The van der Waals surface area contributed by atoms with Gasteiger partial charge in [-0.3, -0.25) is 9.36 Å². The Balaban J connectivity index is 1.86. The Morgan fingerprint density at radius 3 is 1.83 bits per heavy atom. The fourth-order valence-electron chi connectivity index (χ4n) is 4.92. The van der Waals surface area contributed by atoms with E-state index in [9.17, 15) is 40.8 Å². The van der Waals surface area contributed by atoms with Crippen molar-refractivity contribution < 1.29 is 55.1 Å². The molecule has 4 aromatic rings. The molecular weight excluding hydrogens is 673 g/mol. The predicted octanol–water partition coefficient (Wildman–Crippen LogP) is 8.17. The van der Waals surface area contributed by atoms with Crippen LogP contribution >= 0.6 is 27.0 Å². The number of benzene rings is 4. The first-order chi connectivity index (χ1) is 21.5. The number of halogens is 5. The van der Waals surface area contributed by atoms with Crippen LogP contribution in [-0.2, 0) is 33.1 Å². The van der Waals surface area contributed by atoms with Crippen molar-refractivity contribution in [3.63, 3.8) is 0 Å². The van der Waals surface area contributed by atoms with E-state index < -0.39 is 49.6 Å². The Bertz CT molecular complexity index is 1780. The summed E-state index contributed by atoms with van der Waals surface area (Å²) in [5.74, 6) is -1.57. The minimum absolute atomic E-state index is 0.00305. The molecule has 0 aliphatic carbocycles. The van der Waals surface area contributed by atoms with Gasteiger partial charge in [-0.2, -0.15) is 17.6 Å². The van der Waals surface area contributed by atoms with E-state index in [1.54, 1.807) is 24.3 Å². The molecule has 0 aliphatic heterocycles. The molecular formula is C31H27F5O7P2S. The van der Waals surface area contributed by atoms with Gasteiger partial charge in [0.1, 0.15) is 11.6 Å². The van der Waals surface area contributed by atoms with Gasteiger partial charge in [0.05, 0.1) is 5.41 Å². The van der Waals surface area contributed by atoms with E-state index in [1.807, 2.05) is 6.26 Å². The fraction of sp³-hybridized carbons (Fsp3) is 0.194. The molecule has 0 spiro atoms. The van der Waals surface area contributed by atoms with Crippen molar-refractivity contribution >= 4 is 32.7 Å². The number of ketones is 1. The maximum absolute atomic E-state index is 14.5. The summed E-state index contributed by atoms with van der Waals surface area (Å²) in [5, 5.41) is 0. The van der Waals surface area contributed by atoms with Gasteiger partial charge < -0.3 is 19.2 Å². The van der Waals surface area contributed by atoms with Crippen molar-refractivity contribution in [2.45, 2.75) is 35.0 Å². The van der Waals surface area contributed by atoms with Crippen LogP contribution in [0, 0.1) is 5.82 Å². The van der Waals surface area contributed by atoms with Gasteiger partial charge in [-0.1, -0.05) is 60.7 Å². The van der Waals surface area contributed by atoms with Crippen LogP contribution in [0.15, 0.2) is 102 Å². The van der Waals surface area contributed by atoms with Crippen LogP contribution in [0.25, 0.3) is 0 Å². The molecule has 2 atom stereocenters. The maximum atomic E-state index is 14.5. The normalized spacial score (nSPS) is 14.8. The first-order valence-corrected chi connectivity index (χ1v) is 17.8. The van der Waals surface area contributed by atoms with Gasteiger partial charge in [-0.25, -0.2) is 8.96 Å². The number of hydrogen-bond donors (Lipinski definition) is 3. The standard InChI is InChI=1S/C31H27F5O7P2S/c1-46-27-15-11-23(12-16-27)30(28(37)22-3-2-4-25(32)17-22,18-20-5-9-24(10-6-20)31(35,36)45(40,41)42)19-21-7-13-26(14-8-21)43-44(38,39)29(33)34/h2-17,29H,18-19H2,1H3,(H,38,39)(H2,40,41,42). The van der Waals surface area contributed by atoms with Crippen molar-refractivity contribution in [1.29, 1.82) is 0 Å². The summed E-state index contributed by atoms with van der Waals surface area (Å²) in [4.78, 5) is 43.1. The van der Waals surface area contributed by atoms with Gasteiger partial charge in [-0.15, -0.1) is 11.8 Å². The first-order valence-electron chi connectivity index (χ1n) is 13.4. The van der Waals surface area contributed by atoms with Crippen LogP contribution in [0.2, 0.25) is 0 Å². The minimum atomic E-state index is -5.84. The minimum Gasteiger partial charge on any atom is -0.421 e. The molecule has 15 heteroatoms. The summed E-state index contributed by atoms with van der Waals surface area (Å²) in [6.07, 6.45) is -2.05. The third-order valence-corrected chi connectivity index (χ3v) is 9.95. The Labute approximate surface area is 265 Å². The molecule has 46 heavy (non-hydrogen) atoms. The van der Waals surface area contributed by atoms with Crippen LogP contribution in [0.4, 0.5) is 22.0 Å². The number of rotatable bonds is 13. The lowest BCUT2D eigenvalue weighted by molar-refractivity contribution is 0.0564. The Hall–Kier alpha value is -3.31. The number of carbonyl (C=O) groups excluding carboxylic acids is 1. The van der Waals surface area contributed by atoms with Gasteiger partial charge in [0.25, 0.3) is 0 Å². The van der Waals surface area contributed by atoms with Crippen LogP contribution in [0.3, 0.4) is 0 Å². The average molecular weight is 701 g/mol. The molecule has 0 aromatic heterocycles. The van der Waals surface area contributed by atoms with Gasteiger partial charge in [-0.05, 0) is 72.2 Å². The molecule has 2 unspecified atom stereocenters. The number of Topliss-reactive ketones (excluding diaryl/α,β-unsaturated/α-hetero) is 1. The lowest BCUT2D eigenvalue weighted by Gasteiger charge is -2.34. The molecule has 3 N–H and O–H groups in total. The van der Waals surface area contributed by atoms with E-state index in [0.29, 0.717) is 16.7 Å². The zero-order chi connectivity index (χ0) is 33.9. The third-order valence-electron chi connectivity index (χ3n) is 7.25. The van der Waals surface area contributed by atoms with Crippen LogP contribution in [-0.4, -0.2) is 32.9 Å². The molecule has 0 radical (unpaired) electrons. The summed E-state index contributed by atoms with van der Waals surface area (Å²) in [6, 6.07) is 21.2. The summed E-state index contributed by atoms with van der Waals surface area (Å²) in [7, 11) is -11.1. The smallest absolute Gasteiger partial charge is 0.421 e. The van der Waals surface area contributed by atoms with Crippen molar-refractivity contribution in [3.05, 3.63) is 131 Å². The second-order valence-electron chi connectivity index (χ2n) is 10.4. The average Bonchev–Trinajstić information content (AvgIpc) is 3.01. The second-order valence-corrected chi connectivity index (χ2v) is 14.6. The highest BCUT2D eigenvalue weighted by molar-refractivity contribution is 7.98. The largest absolute Gasteiger partial charge is 0.442 e. The van der Waals surface area contributed by atoms with E-state index in [2.05, 4.69) is 4.52 Å². The van der Waals surface area contributed by atoms with Crippen LogP contribution in [0.5, 0.6) is 5.75 Å². The molecule has 4 aromatic carbocycles. The highest BCUT2D eigenvalue weighted by atomic mass is 32.2. The second kappa shape index (κ2) is 13.8. The number of alkyl halides is 4. The van der Waals surface area contributed by atoms with Crippen LogP contribution in [0.1, 0.15) is 32.6 Å². The van der Waals surface area contributed by atoms with E-state index in [0.717, 1.165) is 29.2 Å². The van der Waals surface area contributed by atoms with E-state index in [1.165, 1.54) is 60.3 Å². The number of hydrogen-bond acceptors (Lipinski definition) is 5. The fourth-order valence-corrected chi connectivity index (χ4v) is 6.32. The number of carbonyl (C=O) groups is 1. The lowest BCUT2D eigenvalue weighted by atomic mass is 9.67. The highest BCUT2D eigenvalue weighted by Gasteiger charge is 2.50. The van der Waals surface area contributed by atoms with Crippen molar-refractivity contribution in [3.8, 4) is 5.75 Å². The monoisotopic (exact) mass is 700 g/mol. The highest BCUT2D eigenvalue weighted by Crippen LogP contribution is 2.59. The topological polar surface area (TPSA) is 121 Å². The number of thioether (sulfide) groups is 1. The molecule has 0 saturated carbocycles. The van der Waals surface area contributed by atoms with Gasteiger partial charge in [0, 0.05) is 16.0 Å². The molecule has 244 valence electrons. The molecule has 0 amide bonds. The van der Waals surface area contributed by atoms with Gasteiger partial charge >= 0.3 is 27.0 Å². The third kappa shape index (κ3) is 7.79. The van der Waals surface area contributed by atoms with Gasteiger partial charge in [0.2, 0.25) is 0 Å². The van der Waals surface area contributed by atoms with E-state index >= 15 is 0 Å². The molecule has 0 aliphatic rings. The zero-order valence-corrected chi connectivity index (χ0v) is 26.5. The lowest BCUT2D eigenvalue weighted by Crippen LogP contribution is -2.41. The summed E-state index contributed by atoms with van der Waals surface area (Å²) >= 11 is 1.44. The predicted molar refractivity (Wildman–Crippen MR) is 163 cm³/mol. The SMILES string of the molecule is CSc1ccc(C(Cc2ccc(OP(=O)(O)C(F)F)cc2)(Cc2ccc(C(F)(F)P(=O)(O)O)cc2)C(=O)c2cccc(F)c2)cc1. The first kappa shape index (κ1) is 35.5. The van der Waals surface area contributed by atoms with E-state index in [4.69, 9.17) is 9.79 Å². The summed E-state index contributed by atoms with van der Waals surface area (Å²) in [6.45, 7) is 0. The quantitative estimate of drug-likeness (QED) is 0.0553. The van der Waals surface area contributed by atoms with Gasteiger partial charge in [0.15, 0.2) is 5.78 Å². The van der Waals surface area contributed by atoms with Crippen molar-refractivity contribution in [2.24, 2.45) is 0 Å². The van der Waals surface area contributed by atoms with Crippen LogP contribution < -0.4 is 4.52 Å².